The SMILES string of the molecule is NC(=O)C1CCN(C(=O)c2ccc3ncoc3c2)CC1. The topological polar surface area (TPSA) is 89.4 Å². The smallest absolute Gasteiger partial charge is 0.253 e. The predicted octanol–water partition coefficient (Wildman–Crippen LogP) is 1.17. The van der Waals surface area contributed by atoms with Gasteiger partial charge in [0.05, 0.1) is 0 Å². The third kappa shape index (κ3) is 2.24. The van der Waals surface area contributed by atoms with E-state index in [9.17, 15) is 9.59 Å². The van der Waals surface area contributed by atoms with Gasteiger partial charge in [-0.1, -0.05) is 0 Å². The zero-order valence-corrected chi connectivity index (χ0v) is 10.9. The van der Waals surface area contributed by atoms with Crippen LogP contribution < -0.4 is 5.73 Å². The van der Waals surface area contributed by atoms with Gasteiger partial charge in [-0.15, -0.1) is 0 Å². The first-order chi connectivity index (χ1) is 9.65. The molecule has 20 heavy (non-hydrogen) atoms. The van der Waals surface area contributed by atoms with Gasteiger partial charge in [0.15, 0.2) is 12.0 Å². The Hall–Kier alpha value is -2.37. The lowest BCUT2D eigenvalue weighted by Gasteiger charge is -2.30. The fraction of sp³-hybridized carbons (Fsp3) is 0.357. The molecule has 0 saturated carbocycles. The van der Waals surface area contributed by atoms with Gasteiger partial charge in [-0.3, -0.25) is 9.59 Å². The van der Waals surface area contributed by atoms with E-state index in [2.05, 4.69) is 4.98 Å². The van der Waals surface area contributed by atoms with Gasteiger partial charge >= 0.3 is 0 Å². The molecular weight excluding hydrogens is 258 g/mol. The summed E-state index contributed by atoms with van der Waals surface area (Å²) in [7, 11) is 0. The Bertz CT molecular complexity index is 656. The van der Waals surface area contributed by atoms with Crippen molar-refractivity contribution in [2.24, 2.45) is 11.7 Å². The molecule has 2 N–H and O–H groups in total. The van der Waals surface area contributed by atoms with Crippen LogP contribution in [0.5, 0.6) is 0 Å². The summed E-state index contributed by atoms with van der Waals surface area (Å²) in [6, 6.07) is 5.21. The van der Waals surface area contributed by atoms with Crippen LogP contribution in [0.25, 0.3) is 11.1 Å². The van der Waals surface area contributed by atoms with Crippen molar-refractivity contribution < 1.29 is 14.0 Å². The van der Waals surface area contributed by atoms with Crippen LogP contribution in [0.1, 0.15) is 23.2 Å². The fourth-order valence-electron chi connectivity index (χ4n) is 2.54. The van der Waals surface area contributed by atoms with E-state index >= 15 is 0 Å². The number of carbonyl (C=O) groups excluding carboxylic acids is 2. The van der Waals surface area contributed by atoms with E-state index in [1.165, 1.54) is 6.39 Å². The van der Waals surface area contributed by atoms with Crippen LogP contribution in [0.15, 0.2) is 29.0 Å². The van der Waals surface area contributed by atoms with Crippen LogP contribution in [-0.2, 0) is 4.79 Å². The maximum absolute atomic E-state index is 12.4. The number of oxazole rings is 1. The number of amides is 2. The summed E-state index contributed by atoms with van der Waals surface area (Å²) in [5.41, 5.74) is 7.19. The Morgan fingerprint density at radius 3 is 2.75 bits per heavy atom. The minimum Gasteiger partial charge on any atom is -0.443 e. The Morgan fingerprint density at radius 1 is 1.30 bits per heavy atom. The van der Waals surface area contributed by atoms with Crippen molar-refractivity contribution in [1.82, 2.24) is 9.88 Å². The second-order valence-electron chi connectivity index (χ2n) is 5.00. The number of rotatable bonds is 2. The second-order valence-corrected chi connectivity index (χ2v) is 5.00. The van der Waals surface area contributed by atoms with Crippen LogP contribution >= 0.6 is 0 Å². The van der Waals surface area contributed by atoms with Crippen molar-refractivity contribution in [2.45, 2.75) is 12.8 Å². The zero-order valence-electron chi connectivity index (χ0n) is 10.9. The Balaban J connectivity index is 1.74. The molecule has 1 fully saturated rings. The molecule has 2 heterocycles. The first-order valence-electron chi connectivity index (χ1n) is 6.57. The van der Waals surface area contributed by atoms with Crippen molar-refractivity contribution >= 4 is 22.9 Å². The molecule has 1 aliphatic heterocycles. The number of primary amides is 1. The van der Waals surface area contributed by atoms with Gasteiger partial charge in [0, 0.05) is 24.6 Å². The quantitative estimate of drug-likeness (QED) is 0.889. The van der Waals surface area contributed by atoms with Crippen LogP contribution in [0.3, 0.4) is 0 Å². The maximum Gasteiger partial charge on any atom is 0.253 e. The molecule has 1 saturated heterocycles. The van der Waals surface area contributed by atoms with Crippen molar-refractivity contribution in [3.8, 4) is 0 Å². The zero-order chi connectivity index (χ0) is 14.1. The summed E-state index contributed by atoms with van der Waals surface area (Å²) in [5.74, 6) is -0.442. The minimum absolute atomic E-state index is 0.0498. The molecule has 0 radical (unpaired) electrons. The van der Waals surface area contributed by atoms with Crippen molar-refractivity contribution in [1.29, 1.82) is 0 Å². The van der Waals surface area contributed by atoms with Gasteiger partial charge in [-0.05, 0) is 31.0 Å². The van der Waals surface area contributed by atoms with Crippen molar-refractivity contribution in [3.63, 3.8) is 0 Å². The minimum atomic E-state index is -0.278. The molecule has 6 nitrogen and oxygen atoms in total. The average Bonchev–Trinajstić information content (AvgIpc) is 2.94. The van der Waals surface area contributed by atoms with Crippen LogP contribution in [0.4, 0.5) is 0 Å². The number of hydrogen-bond acceptors (Lipinski definition) is 4. The average molecular weight is 273 g/mol. The van der Waals surface area contributed by atoms with E-state index in [1.54, 1.807) is 23.1 Å². The number of piperidine rings is 1. The van der Waals surface area contributed by atoms with Crippen molar-refractivity contribution in [2.75, 3.05) is 13.1 Å². The normalized spacial score (nSPS) is 16.5. The molecule has 1 aromatic carbocycles. The second kappa shape index (κ2) is 4.96. The molecule has 0 unspecified atom stereocenters. The molecule has 3 rings (SSSR count). The summed E-state index contributed by atoms with van der Waals surface area (Å²) in [6.45, 7) is 1.11. The number of nitrogens with zero attached hydrogens (tertiary/aromatic N) is 2. The van der Waals surface area contributed by atoms with E-state index in [1.807, 2.05) is 0 Å². The van der Waals surface area contributed by atoms with E-state index in [0.29, 0.717) is 37.1 Å². The lowest BCUT2D eigenvalue weighted by atomic mass is 9.96. The van der Waals surface area contributed by atoms with Gasteiger partial charge in [0.2, 0.25) is 5.91 Å². The maximum atomic E-state index is 12.4. The van der Waals surface area contributed by atoms with E-state index in [0.717, 1.165) is 5.52 Å². The fourth-order valence-corrected chi connectivity index (χ4v) is 2.54. The summed E-state index contributed by atoms with van der Waals surface area (Å²) < 4.78 is 5.20. The number of carbonyl (C=O) groups is 2. The van der Waals surface area contributed by atoms with Crippen LogP contribution in [0.2, 0.25) is 0 Å². The highest BCUT2D eigenvalue weighted by atomic mass is 16.3. The van der Waals surface area contributed by atoms with E-state index < -0.39 is 0 Å². The van der Waals surface area contributed by atoms with Crippen LogP contribution in [-0.4, -0.2) is 34.8 Å². The van der Waals surface area contributed by atoms with Gasteiger partial charge in [-0.25, -0.2) is 4.98 Å². The number of hydrogen-bond donors (Lipinski definition) is 1. The number of aromatic nitrogens is 1. The standard InChI is InChI=1S/C14H15N3O3/c15-13(18)9-3-5-17(6-4-9)14(19)10-1-2-11-12(7-10)20-8-16-11/h1-2,7-9H,3-6H2,(H2,15,18). The number of likely N-dealkylation sites (tertiary alicyclic amines) is 1. The highest BCUT2D eigenvalue weighted by Gasteiger charge is 2.26. The molecule has 0 aliphatic carbocycles. The van der Waals surface area contributed by atoms with Gasteiger partial charge in [-0.2, -0.15) is 0 Å². The lowest BCUT2D eigenvalue weighted by Crippen LogP contribution is -2.41. The first-order valence-corrected chi connectivity index (χ1v) is 6.57. The Labute approximate surface area is 115 Å². The Morgan fingerprint density at radius 2 is 2.05 bits per heavy atom. The molecule has 104 valence electrons. The summed E-state index contributed by atoms with van der Waals surface area (Å²) >= 11 is 0. The molecule has 2 aromatic rings. The molecule has 2 amide bonds. The highest BCUT2D eigenvalue weighted by Crippen LogP contribution is 2.20. The molecule has 0 spiro atoms. The summed E-state index contributed by atoms with van der Waals surface area (Å²) in [6.07, 6.45) is 2.62. The monoisotopic (exact) mass is 273 g/mol. The van der Waals surface area contributed by atoms with E-state index in [4.69, 9.17) is 10.2 Å². The third-order valence-corrected chi connectivity index (χ3v) is 3.76. The Kier molecular flexibility index (Phi) is 3.14. The summed E-state index contributed by atoms with van der Waals surface area (Å²) in [5, 5.41) is 0. The molecule has 0 atom stereocenters. The third-order valence-electron chi connectivity index (χ3n) is 3.76. The number of fused-ring (bicyclic) bond motifs is 1. The molecule has 6 heteroatoms. The molecule has 0 bridgehead atoms. The number of benzene rings is 1. The van der Waals surface area contributed by atoms with E-state index in [-0.39, 0.29) is 17.7 Å². The van der Waals surface area contributed by atoms with Gasteiger partial charge in [0.1, 0.15) is 5.52 Å². The largest absolute Gasteiger partial charge is 0.443 e. The summed E-state index contributed by atoms with van der Waals surface area (Å²) in [4.78, 5) is 29.3. The van der Waals surface area contributed by atoms with Gasteiger partial charge < -0.3 is 15.1 Å². The lowest BCUT2D eigenvalue weighted by molar-refractivity contribution is -0.123. The van der Waals surface area contributed by atoms with Crippen LogP contribution in [0, 0.1) is 5.92 Å². The van der Waals surface area contributed by atoms with Crippen molar-refractivity contribution in [3.05, 3.63) is 30.2 Å². The molecule has 1 aromatic heterocycles. The molecule has 1 aliphatic rings. The highest BCUT2D eigenvalue weighted by molar-refractivity contribution is 5.97. The van der Waals surface area contributed by atoms with Gasteiger partial charge in [0.25, 0.3) is 5.91 Å². The predicted molar refractivity (Wildman–Crippen MR) is 71.8 cm³/mol. The number of nitrogens with two attached hydrogens (primary N) is 1. The molecular formula is C14H15N3O3. The first kappa shape index (κ1) is 12.7.